The highest BCUT2D eigenvalue weighted by Crippen LogP contribution is 2.17. The number of fused-ring (bicyclic) bond motifs is 1. The molecule has 0 spiro atoms. The van der Waals surface area contributed by atoms with Crippen molar-refractivity contribution in [3.63, 3.8) is 0 Å². The van der Waals surface area contributed by atoms with E-state index in [1.165, 1.54) is 0 Å². The van der Waals surface area contributed by atoms with Crippen molar-refractivity contribution in [3.8, 4) is 0 Å². The molecular formula is C14H18N2O2S2. The van der Waals surface area contributed by atoms with Gasteiger partial charge >= 0.3 is 0 Å². The van der Waals surface area contributed by atoms with Crippen LogP contribution in [0, 0.1) is 4.84 Å². The van der Waals surface area contributed by atoms with Gasteiger partial charge in [0.25, 0.3) is 10.7 Å². The molecule has 0 saturated heterocycles. The molecule has 20 heavy (non-hydrogen) atoms. The summed E-state index contributed by atoms with van der Waals surface area (Å²) in [5, 5.41) is 0. The number of H-pyrrole nitrogens is 1. The van der Waals surface area contributed by atoms with Crippen LogP contribution in [0.5, 0.6) is 0 Å². The molecule has 2 rings (SSSR count). The molecule has 6 heteroatoms. The normalized spacial score (nSPS) is 12.6. The number of aromatic amines is 1. The van der Waals surface area contributed by atoms with Crippen LogP contribution in [0.2, 0.25) is 0 Å². The number of thioether (sulfide) groups is 1. The summed E-state index contributed by atoms with van der Waals surface area (Å²) >= 11 is 6.77. The Morgan fingerprint density at radius 1 is 1.55 bits per heavy atom. The molecule has 0 saturated carbocycles. The fourth-order valence-electron chi connectivity index (χ4n) is 1.88. The minimum absolute atomic E-state index is 0.00146. The average Bonchev–Trinajstić information content (AvgIpc) is 2.81. The summed E-state index contributed by atoms with van der Waals surface area (Å²) in [5.41, 5.74) is 2.04. The third kappa shape index (κ3) is 3.24. The van der Waals surface area contributed by atoms with E-state index in [1.54, 1.807) is 17.0 Å². The molecule has 0 unspecified atom stereocenters. The lowest BCUT2D eigenvalue weighted by molar-refractivity contribution is 0.0757. The zero-order chi connectivity index (χ0) is 14.7. The Balaban J connectivity index is 2.19. The molecular weight excluding hydrogens is 292 g/mol. The Morgan fingerprint density at radius 3 is 3.00 bits per heavy atom. The van der Waals surface area contributed by atoms with Crippen molar-refractivity contribution < 1.29 is 9.21 Å². The molecule has 1 atom stereocenters. The van der Waals surface area contributed by atoms with Gasteiger partial charge in [-0.3, -0.25) is 4.79 Å². The summed E-state index contributed by atoms with van der Waals surface area (Å²) in [6.45, 7) is 4.17. The molecule has 0 fully saturated rings. The molecule has 2 aromatic rings. The van der Waals surface area contributed by atoms with Crippen molar-refractivity contribution in [2.24, 2.45) is 0 Å². The number of rotatable bonds is 5. The van der Waals surface area contributed by atoms with Crippen LogP contribution in [0.1, 0.15) is 24.2 Å². The van der Waals surface area contributed by atoms with Crippen LogP contribution in [-0.2, 0) is 0 Å². The van der Waals surface area contributed by atoms with Crippen molar-refractivity contribution in [3.05, 3.63) is 28.6 Å². The number of aromatic nitrogens is 1. The van der Waals surface area contributed by atoms with Crippen molar-refractivity contribution in [1.82, 2.24) is 9.88 Å². The molecule has 0 bridgehead atoms. The molecule has 4 nitrogen and oxygen atoms in total. The molecule has 1 N–H and O–H groups in total. The smallest absolute Gasteiger partial charge is 0.266 e. The second kappa shape index (κ2) is 6.45. The zero-order valence-corrected chi connectivity index (χ0v) is 13.4. The van der Waals surface area contributed by atoms with E-state index in [0.29, 0.717) is 16.0 Å². The highest BCUT2D eigenvalue weighted by molar-refractivity contribution is 7.99. The summed E-state index contributed by atoms with van der Waals surface area (Å²) in [6.07, 6.45) is 0. The second-order valence-corrected chi connectivity index (χ2v) is 6.34. The molecule has 0 aliphatic heterocycles. The van der Waals surface area contributed by atoms with E-state index in [-0.39, 0.29) is 11.9 Å². The Hall–Kier alpha value is -1.27. The van der Waals surface area contributed by atoms with Crippen LogP contribution >= 0.6 is 24.0 Å². The molecule has 1 amide bonds. The number of benzene rings is 1. The van der Waals surface area contributed by atoms with E-state index in [4.69, 9.17) is 16.6 Å². The van der Waals surface area contributed by atoms with Gasteiger partial charge in [-0.05, 0) is 43.1 Å². The number of hydrogen-bond donors (Lipinski definition) is 1. The number of carbonyl (C=O) groups excluding carboxylic acids is 1. The van der Waals surface area contributed by atoms with Gasteiger partial charge in [0.1, 0.15) is 0 Å². The van der Waals surface area contributed by atoms with Gasteiger partial charge < -0.3 is 14.3 Å². The number of nitrogens with one attached hydrogen (secondary N) is 1. The predicted octanol–water partition coefficient (Wildman–Crippen LogP) is 3.70. The molecule has 0 aliphatic carbocycles. The molecule has 1 aromatic heterocycles. The van der Waals surface area contributed by atoms with Gasteiger partial charge in [-0.25, -0.2) is 0 Å². The first-order chi connectivity index (χ1) is 9.52. The maximum absolute atomic E-state index is 12.4. The third-order valence-corrected chi connectivity index (χ3v) is 4.52. The first-order valence-electron chi connectivity index (χ1n) is 6.50. The summed E-state index contributed by atoms with van der Waals surface area (Å²) < 4.78 is 5.35. The van der Waals surface area contributed by atoms with Crippen molar-refractivity contribution in [2.75, 3.05) is 18.6 Å². The van der Waals surface area contributed by atoms with E-state index in [2.05, 4.69) is 18.8 Å². The first kappa shape index (κ1) is 15.1. The predicted molar refractivity (Wildman–Crippen MR) is 86.0 cm³/mol. The molecule has 0 radical (unpaired) electrons. The number of nitrogens with zero attached hydrogens (tertiary/aromatic N) is 1. The minimum Gasteiger partial charge on any atom is -0.429 e. The van der Waals surface area contributed by atoms with Gasteiger partial charge in [-0.15, -0.1) is 0 Å². The Labute approximate surface area is 127 Å². The van der Waals surface area contributed by atoms with Crippen molar-refractivity contribution in [1.29, 1.82) is 0 Å². The van der Waals surface area contributed by atoms with E-state index >= 15 is 0 Å². The SMILES string of the molecule is CCSC[C@@H](C)N(C)C(=O)c1ccc2[nH]c(=S)oc2c1. The first-order valence-corrected chi connectivity index (χ1v) is 8.07. The highest BCUT2D eigenvalue weighted by atomic mass is 32.2. The lowest BCUT2D eigenvalue weighted by atomic mass is 10.1. The maximum Gasteiger partial charge on any atom is 0.266 e. The van der Waals surface area contributed by atoms with Crippen LogP contribution in [-0.4, -0.2) is 40.4 Å². The topological polar surface area (TPSA) is 49.2 Å². The van der Waals surface area contributed by atoms with Gasteiger partial charge in [-0.2, -0.15) is 11.8 Å². The van der Waals surface area contributed by atoms with Gasteiger partial charge in [0, 0.05) is 24.4 Å². The molecule has 1 aromatic carbocycles. The van der Waals surface area contributed by atoms with E-state index in [1.807, 2.05) is 24.9 Å². The monoisotopic (exact) mass is 310 g/mol. The van der Waals surface area contributed by atoms with Gasteiger partial charge in [0.15, 0.2) is 5.58 Å². The standard InChI is InChI=1S/C14H18N2O2S2/c1-4-20-8-9(2)16(3)13(17)10-5-6-11-12(7-10)18-14(19)15-11/h5-7,9H,4,8H2,1-3H3,(H,15,19)/t9-/m1/s1. The molecule has 1 heterocycles. The van der Waals surface area contributed by atoms with Crippen molar-refractivity contribution in [2.45, 2.75) is 19.9 Å². The lowest BCUT2D eigenvalue weighted by Crippen LogP contribution is -2.36. The fourth-order valence-corrected chi connectivity index (χ4v) is 2.88. The molecule has 0 aliphatic rings. The maximum atomic E-state index is 12.4. The van der Waals surface area contributed by atoms with Gasteiger partial charge in [0.05, 0.1) is 5.52 Å². The van der Waals surface area contributed by atoms with Crippen LogP contribution < -0.4 is 0 Å². The summed E-state index contributed by atoms with van der Waals surface area (Å²) in [5.74, 6) is 1.99. The van der Waals surface area contributed by atoms with Crippen LogP contribution in [0.4, 0.5) is 0 Å². The average molecular weight is 310 g/mol. The van der Waals surface area contributed by atoms with Gasteiger partial charge in [0.2, 0.25) is 0 Å². The highest BCUT2D eigenvalue weighted by Gasteiger charge is 2.18. The summed E-state index contributed by atoms with van der Waals surface area (Å²) in [7, 11) is 1.83. The Bertz CT molecular complexity index is 662. The number of carbonyl (C=O) groups is 1. The second-order valence-electron chi connectivity index (χ2n) is 4.65. The van der Waals surface area contributed by atoms with Crippen LogP contribution in [0.25, 0.3) is 11.1 Å². The Morgan fingerprint density at radius 2 is 2.30 bits per heavy atom. The molecule has 108 valence electrons. The third-order valence-electron chi connectivity index (χ3n) is 3.21. The summed E-state index contributed by atoms with van der Waals surface area (Å²) in [4.78, 5) is 17.5. The zero-order valence-electron chi connectivity index (χ0n) is 11.8. The largest absolute Gasteiger partial charge is 0.429 e. The lowest BCUT2D eigenvalue weighted by Gasteiger charge is -2.24. The number of oxazole rings is 1. The number of hydrogen-bond acceptors (Lipinski definition) is 4. The van der Waals surface area contributed by atoms with Crippen LogP contribution in [0.3, 0.4) is 0 Å². The van der Waals surface area contributed by atoms with Crippen LogP contribution in [0.15, 0.2) is 22.6 Å². The summed E-state index contributed by atoms with van der Waals surface area (Å²) in [6, 6.07) is 5.55. The number of amides is 1. The fraction of sp³-hybridized carbons (Fsp3) is 0.429. The van der Waals surface area contributed by atoms with E-state index in [9.17, 15) is 4.79 Å². The van der Waals surface area contributed by atoms with E-state index in [0.717, 1.165) is 17.0 Å². The van der Waals surface area contributed by atoms with Gasteiger partial charge in [-0.1, -0.05) is 6.92 Å². The quantitative estimate of drug-likeness (QED) is 0.855. The minimum atomic E-state index is -0.00146. The van der Waals surface area contributed by atoms with Crippen molar-refractivity contribution >= 4 is 41.0 Å². The Kier molecular flexibility index (Phi) is 4.88. The van der Waals surface area contributed by atoms with E-state index < -0.39 is 0 Å².